The number of hydrogen-bond donors (Lipinski definition) is 1. The van der Waals surface area contributed by atoms with Crippen LogP contribution in [0.5, 0.6) is 0 Å². The highest BCUT2D eigenvalue weighted by atomic mass is 15.0. The van der Waals surface area contributed by atoms with Crippen molar-refractivity contribution in [2.45, 2.75) is 81.2 Å². The topological polar surface area (TPSA) is 46.5 Å². The minimum absolute atomic E-state index is 0.909. The molecule has 186 valence electrons. The van der Waals surface area contributed by atoms with Gasteiger partial charge in [-0.3, -0.25) is 0 Å². The van der Waals surface area contributed by atoms with Gasteiger partial charge in [0.1, 0.15) is 0 Å². The fraction of sp³-hybridized carbons (Fsp3) is 0.375. The van der Waals surface area contributed by atoms with Crippen LogP contribution in [0.25, 0.3) is 44.9 Å². The van der Waals surface area contributed by atoms with Crippen molar-refractivity contribution in [3.05, 3.63) is 69.3 Å². The van der Waals surface area contributed by atoms with Gasteiger partial charge in [-0.2, -0.15) is 0 Å². The summed E-state index contributed by atoms with van der Waals surface area (Å²) in [5, 5.41) is 0. The molecule has 8 bridgehead atoms. The molecular weight excluding hydrogens is 440 g/mol. The Kier molecular flexibility index (Phi) is 6.23. The van der Waals surface area contributed by atoms with Gasteiger partial charge in [-0.05, 0) is 118 Å². The highest BCUT2D eigenvalue weighted by Gasteiger charge is 2.22. The van der Waals surface area contributed by atoms with E-state index >= 15 is 0 Å². The first-order valence-electron chi connectivity index (χ1n) is 13.4. The maximum atomic E-state index is 5.30. The zero-order valence-electron chi connectivity index (χ0n) is 23.1. The van der Waals surface area contributed by atoms with Gasteiger partial charge in [-0.15, -0.1) is 0 Å². The van der Waals surface area contributed by atoms with E-state index < -0.39 is 0 Å². The highest BCUT2D eigenvalue weighted by Crippen LogP contribution is 2.37. The Balaban J connectivity index is 2.07. The Bertz CT molecular complexity index is 1600. The number of fused-ring (bicyclic) bond motifs is 8. The van der Waals surface area contributed by atoms with Crippen LogP contribution in [0.15, 0.2) is 24.3 Å². The maximum Gasteiger partial charge on any atom is 0.0722 e. The van der Waals surface area contributed by atoms with Crippen LogP contribution in [0, 0.1) is 13.8 Å². The average Bonchev–Trinajstić information content (AvgIpc) is 3.54. The summed E-state index contributed by atoms with van der Waals surface area (Å²) < 4.78 is 2.50. The fourth-order valence-electron chi connectivity index (χ4n) is 6.09. The molecule has 3 aromatic rings. The lowest BCUT2D eigenvalue weighted by molar-refractivity contribution is 0.816. The zero-order chi connectivity index (χ0) is 25.7. The molecule has 0 aliphatic carbocycles. The Hall–Kier alpha value is -3.40. The van der Waals surface area contributed by atoms with Gasteiger partial charge >= 0.3 is 0 Å². The molecular formula is C32H38N4. The van der Waals surface area contributed by atoms with Crippen molar-refractivity contribution in [2.75, 3.05) is 0 Å². The molecule has 0 amide bonds. The number of nitrogens with zero attached hydrogens (tertiary/aromatic N) is 3. The number of aryl methyl sites for hydroxylation is 5. The Morgan fingerprint density at radius 3 is 2.22 bits per heavy atom. The van der Waals surface area contributed by atoms with E-state index in [1.807, 2.05) is 0 Å². The lowest BCUT2D eigenvalue weighted by Crippen LogP contribution is -1.99. The zero-order valence-corrected chi connectivity index (χ0v) is 23.1. The predicted molar refractivity (Wildman–Crippen MR) is 155 cm³/mol. The van der Waals surface area contributed by atoms with Crippen molar-refractivity contribution in [2.24, 2.45) is 0 Å². The molecule has 0 atom stereocenters. The molecule has 2 aliphatic rings. The van der Waals surface area contributed by atoms with Gasteiger partial charge < -0.3 is 9.55 Å². The molecule has 5 heterocycles. The number of aromatic nitrogens is 4. The van der Waals surface area contributed by atoms with Crippen molar-refractivity contribution < 1.29 is 0 Å². The monoisotopic (exact) mass is 478 g/mol. The molecule has 2 aliphatic heterocycles. The first-order valence-corrected chi connectivity index (χ1v) is 13.4. The van der Waals surface area contributed by atoms with Crippen molar-refractivity contribution >= 4 is 44.9 Å². The molecule has 0 radical (unpaired) electrons. The third-order valence-electron chi connectivity index (χ3n) is 7.93. The van der Waals surface area contributed by atoms with Crippen LogP contribution < -0.4 is 0 Å². The summed E-state index contributed by atoms with van der Waals surface area (Å²) in [4.78, 5) is 14.0. The van der Waals surface area contributed by atoms with Gasteiger partial charge in [0, 0.05) is 34.2 Å². The molecule has 4 nitrogen and oxygen atoms in total. The van der Waals surface area contributed by atoms with Crippen molar-refractivity contribution in [1.29, 1.82) is 0 Å². The first-order chi connectivity index (χ1) is 17.3. The summed E-state index contributed by atoms with van der Waals surface area (Å²) in [6, 6.07) is 8.90. The van der Waals surface area contributed by atoms with Gasteiger partial charge in [-0.25, -0.2) is 9.97 Å². The second kappa shape index (κ2) is 9.24. The molecule has 0 saturated carbocycles. The number of allylic oxidation sites excluding steroid dienone is 3. The third kappa shape index (κ3) is 3.75. The number of aromatic amines is 1. The highest BCUT2D eigenvalue weighted by molar-refractivity contribution is 5.94. The van der Waals surface area contributed by atoms with Crippen LogP contribution in [-0.4, -0.2) is 19.5 Å². The van der Waals surface area contributed by atoms with E-state index in [1.165, 1.54) is 50.0 Å². The van der Waals surface area contributed by atoms with Gasteiger partial charge in [0.15, 0.2) is 0 Å². The number of hydrogen-bond acceptors (Lipinski definition) is 2. The van der Waals surface area contributed by atoms with Gasteiger partial charge in [0.2, 0.25) is 0 Å². The Labute approximate surface area is 214 Å². The van der Waals surface area contributed by atoms with Crippen LogP contribution in [0.4, 0.5) is 0 Å². The number of H-pyrrole nitrogens is 1. The minimum atomic E-state index is 0.909. The van der Waals surface area contributed by atoms with Crippen LogP contribution in [0.1, 0.15) is 93.0 Å². The molecule has 0 fully saturated rings. The van der Waals surface area contributed by atoms with Crippen LogP contribution in [-0.2, 0) is 19.4 Å². The summed E-state index contributed by atoms with van der Waals surface area (Å²) in [7, 11) is 0. The summed E-state index contributed by atoms with van der Waals surface area (Å²) in [5.74, 6) is 0. The molecule has 0 aromatic carbocycles. The quantitative estimate of drug-likeness (QED) is 0.409. The minimum Gasteiger partial charge on any atom is -0.355 e. The second-order valence-electron chi connectivity index (χ2n) is 10.1. The maximum absolute atomic E-state index is 5.30. The smallest absolute Gasteiger partial charge is 0.0722 e. The van der Waals surface area contributed by atoms with E-state index in [1.54, 1.807) is 0 Å². The largest absolute Gasteiger partial charge is 0.355 e. The molecule has 5 rings (SSSR count). The SMILES string of the molecule is CCC1=C(C)c2nc1cc1cc(C)c(cc3nc(cc4c(CC)c(C)c(c2CC)n4CC)C(C)=C3)[nH]1. The normalized spacial score (nSPS) is 13.5. The molecule has 36 heavy (non-hydrogen) atoms. The van der Waals surface area contributed by atoms with Crippen molar-refractivity contribution in [3.63, 3.8) is 0 Å². The van der Waals surface area contributed by atoms with Gasteiger partial charge in [0.05, 0.1) is 22.8 Å². The lowest BCUT2D eigenvalue weighted by atomic mass is 9.99. The summed E-state index contributed by atoms with van der Waals surface area (Å²) in [6.45, 7) is 18.8. The fourth-order valence-corrected chi connectivity index (χ4v) is 6.09. The molecule has 4 heteroatoms. The summed E-state index contributed by atoms with van der Waals surface area (Å²) in [6.07, 6.45) is 5.09. The molecule has 1 N–H and O–H groups in total. The molecule has 0 spiro atoms. The van der Waals surface area contributed by atoms with Crippen molar-refractivity contribution in [3.8, 4) is 0 Å². The Morgan fingerprint density at radius 2 is 1.56 bits per heavy atom. The van der Waals surface area contributed by atoms with E-state index in [2.05, 4.69) is 95.3 Å². The Morgan fingerprint density at radius 1 is 0.806 bits per heavy atom. The first kappa shape index (κ1) is 24.3. The van der Waals surface area contributed by atoms with Gasteiger partial charge in [0.25, 0.3) is 0 Å². The molecule has 0 unspecified atom stereocenters. The van der Waals surface area contributed by atoms with Crippen LogP contribution >= 0.6 is 0 Å². The second-order valence-corrected chi connectivity index (χ2v) is 10.1. The summed E-state index contributed by atoms with van der Waals surface area (Å²) >= 11 is 0. The van der Waals surface area contributed by atoms with E-state index in [-0.39, 0.29) is 0 Å². The van der Waals surface area contributed by atoms with E-state index in [9.17, 15) is 0 Å². The number of rotatable bonds is 4. The van der Waals surface area contributed by atoms with Crippen LogP contribution in [0.2, 0.25) is 0 Å². The van der Waals surface area contributed by atoms with E-state index in [0.29, 0.717) is 0 Å². The van der Waals surface area contributed by atoms with E-state index in [4.69, 9.17) is 9.97 Å². The van der Waals surface area contributed by atoms with Crippen molar-refractivity contribution in [1.82, 2.24) is 19.5 Å². The lowest BCUT2D eigenvalue weighted by Gasteiger charge is -2.10. The standard InChI is InChI=1S/C32H38N4/c1-9-24-20(7)31-26(11-3)32-21(8)25(10-2)30(36(32)12-4)17-28-19(6)14-22(34-28)15-27-18(5)13-23(33-27)16-29(24)35-31/h13-17,33H,9-12H2,1-8H3. The molecule has 0 saturated heterocycles. The summed E-state index contributed by atoms with van der Waals surface area (Å²) in [5.41, 5.74) is 18.3. The average molecular weight is 479 g/mol. The number of nitrogens with one attached hydrogen (secondary N) is 1. The van der Waals surface area contributed by atoms with E-state index in [0.717, 1.165) is 59.6 Å². The third-order valence-corrected chi connectivity index (χ3v) is 7.93. The molecule has 3 aromatic heterocycles. The predicted octanol–water partition coefficient (Wildman–Crippen LogP) is 8.45. The van der Waals surface area contributed by atoms with Crippen LogP contribution in [0.3, 0.4) is 0 Å². The van der Waals surface area contributed by atoms with Gasteiger partial charge in [-0.1, -0.05) is 20.8 Å².